The van der Waals surface area contributed by atoms with Crippen molar-refractivity contribution < 1.29 is 23.9 Å². The van der Waals surface area contributed by atoms with Gasteiger partial charge in [0.2, 0.25) is 5.91 Å². The summed E-state index contributed by atoms with van der Waals surface area (Å²) < 4.78 is 5.22. The van der Waals surface area contributed by atoms with Gasteiger partial charge in [0.25, 0.3) is 11.8 Å². The molecule has 202 valence electrons. The lowest BCUT2D eigenvalue weighted by atomic mass is 10.00. The van der Waals surface area contributed by atoms with Crippen molar-refractivity contribution in [1.82, 2.24) is 10.2 Å². The van der Waals surface area contributed by atoms with Crippen LogP contribution >= 0.6 is 11.6 Å². The number of ether oxygens (including phenoxy) is 1. The lowest BCUT2D eigenvalue weighted by molar-refractivity contribution is -0.138. The summed E-state index contributed by atoms with van der Waals surface area (Å²) >= 11 is 6.31. The fourth-order valence-electron chi connectivity index (χ4n) is 3.62. The van der Waals surface area contributed by atoms with E-state index in [1.807, 2.05) is 19.1 Å². The fraction of sp³-hybridized carbons (Fsp3) is 0.357. The van der Waals surface area contributed by atoms with Crippen LogP contribution in [0.4, 0.5) is 10.5 Å². The Morgan fingerprint density at radius 3 is 2.26 bits per heavy atom. The van der Waals surface area contributed by atoms with Crippen LogP contribution in [-0.4, -0.2) is 40.4 Å². The van der Waals surface area contributed by atoms with Gasteiger partial charge >= 0.3 is 6.09 Å². The number of para-hydroxylation sites is 1. The third-order valence-electron chi connectivity index (χ3n) is 5.45. The quantitative estimate of drug-likeness (QED) is 0.326. The third-order valence-corrected chi connectivity index (χ3v) is 5.77. The normalized spacial score (nSPS) is 12.4. The highest BCUT2D eigenvalue weighted by molar-refractivity contribution is 6.34. The van der Waals surface area contributed by atoms with Crippen molar-refractivity contribution in [1.29, 1.82) is 0 Å². The molecule has 0 bridgehead atoms. The summed E-state index contributed by atoms with van der Waals surface area (Å²) in [6.07, 6.45) is 4.99. The minimum atomic E-state index is -1.48. The molecule has 0 aliphatic heterocycles. The van der Waals surface area contributed by atoms with Crippen LogP contribution in [0.25, 0.3) is 0 Å². The van der Waals surface area contributed by atoms with Crippen molar-refractivity contribution in [3.05, 3.63) is 64.2 Å². The van der Waals surface area contributed by atoms with Crippen molar-refractivity contribution in [3.8, 4) is 12.5 Å². The number of nitrogens with zero attached hydrogens (tertiary/aromatic N) is 1. The average molecular weight is 541 g/mol. The standard InChI is InChI=1S/C28H33ClN4O5/c1-7-18-12-14-19(15-13-18)24(25(35)32-23-17(3)10-9-11-20(23)29)33(8-2)26(36)21(16-22(30)34)31-27(37)38-28(4,5)6/h2,9-15,21,24H,7,16H2,1,3-6H3,(H2,30,34)(H,31,37)(H,32,35). The van der Waals surface area contributed by atoms with Crippen LogP contribution in [0.2, 0.25) is 5.02 Å². The second kappa shape index (κ2) is 13.0. The summed E-state index contributed by atoms with van der Waals surface area (Å²) in [6, 6.07) is 11.6. The molecule has 0 saturated heterocycles. The number of nitrogens with two attached hydrogens (primary N) is 1. The smallest absolute Gasteiger partial charge is 0.408 e. The highest BCUT2D eigenvalue weighted by Gasteiger charge is 2.37. The number of amides is 4. The molecule has 0 aromatic heterocycles. The van der Waals surface area contributed by atoms with Crippen molar-refractivity contribution in [3.63, 3.8) is 0 Å². The largest absolute Gasteiger partial charge is 0.444 e. The van der Waals surface area contributed by atoms with Gasteiger partial charge in [-0.25, -0.2) is 4.79 Å². The number of hydrogen-bond donors (Lipinski definition) is 3. The van der Waals surface area contributed by atoms with E-state index < -0.39 is 47.9 Å². The number of alkyl carbamates (subject to hydrolysis) is 1. The number of aryl methyl sites for hydroxylation is 2. The molecule has 2 aromatic rings. The zero-order chi connectivity index (χ0) is 28.6. The molecular weight excluding hydrogens is 508 g/mol. The van der Waals surface area contributed by atoms with Crippen LogP contribution in [0.15, 0.2) is 42.5 Å². The predicted octanol–water partition coefficient (Wildman–Crippen LogP) is 4.08. The molecule has 0 aliphatic rings. The molecule has 0 saturated carbocycles. The van der Waals surface area contributed by atoms with Crippen LogP contribution in [0, 0.1) is 19.4 Å². The van der Waals surface area contributed by atoms with Crippen LogP contribution in [0.5, 0.6) is 0 Å². The Morgan fingerprint density at radius 2 is 1.76 bits per heavy atom. The first-order valence-corrected chi connectivity index (χ1v) is 12.4. The maximum atomic E-state index is 13.7. The molecule has 0 heterocycles. The van der Waals surface area contributed by atoms with Gasteiger partial charge in [0.1, 0.15) is 17.7 Å². The summed E-state index contributed by atoms with van der Waals surface area (Å²) in [7, 11) is 0. The molecule has 2 atom stereocenters. The number of rotatable bonds is 9. The molecule has 10 heteroatoms. The second-order valence-corrected chi connectivity index (χ2v) is 10.0. The van der Waals surface area contributed by atoms with Crippen molar-refractivity contribution in [2.75, 3.05) is 5.32 Å². The van der Waals surface area contributed by atoms with Gasteiger partial charge in [-0.2, -0.15) is 0 Å². The maximum absolute atomic E-state index is 13.7. The number of anilines is 1. The molecule has 38 heavy (non-hydrogen) atoms. The van der Waals surface area contributed by atoms with Crippen LogP contribution < -0.4 is 16.4 Å². The Labute approximate surface area is 228 Å². The number of halogens is 1. The molecular formula is C28H33ClN4O5. The van der Waals surface area contributed by atoms with Gasteiger partial charge in [0.05, 0.1) is 17.1 Å². The first kappa shape index (κ1) is 30.2. The monoisotopic (exact) mass is 540 g/mol. The average Bonchev–Trinajstić information content (AvgIpc) is 2.82. The van der Waals surface area contributed by atoms with E-state index in [2.05, 4.69) is 16.7 Å². The summed E-state index contributed by atoms with van der Waals surface area (Å²) in [5.41, 5.74) is 6.95. The SMILES string of the molecule is C#CN(C(=O)C(CC(N)=O)NC(=O)OC(C)(C)C)C(C(=O)Nc1c(C)cccc1Cl)c1ccc(CC)cc1. The number of carbonyl (C=O) groups excluding carboxylic acids is 4. The molecule has 0 radical (unpaired) electrons. The molecule has 2 rings (SSSR count). The van der Waals surface area contributed by atoms with E-state index in [0.717, 1.165) is 16.9 Å². The van der Waals surface area contributed by atoms with Gasteiger partial charge in [-0.1, -0.05) is 61.3 Å². The van der Waals surface area contributed by atoms with Crippen LogP contribution in [-0.2, 0) is 25.5 Å². The van der Waals surface area contributed by atoms with E-state index in [4.69, 9.17) is 28.5 Å². The molecule has 2 unspecified atom stereocenters. The number of hydrogen-bond acceptors (Lipinski definition) is 5. The summed E-state index contributed by atoms with van der Waals surface area (Å²) in [4.78, 5) is 52.3. The summed E-state index contributed by atoms with van der Waals surface area (Å²) in [6.45, 7) is 8.67. The van der Waals surface area contributed by atoms with E-state index in [-0.39, 0.29) is 0 Å². The highest BCUT2D eigenvalue weighted by Crippen LogP contribution is 2.29. The Bertz CT molecular complexity index is 1210. The predicted molar refractivity (Wildman–Crippen MR) is 146 cm³/mol. The summed E-state index contributed by atoms with van der Waals surface area (Å²) in [5.74, 6) is -2.41. The molecule has 0 aliphatic carbocycles. The highest BCUT2D eigenvalue weighted by atomic mass is 35.5. The van der Waals surface area contributed by atoms with Crippen LogP contribution in [0.1, 0.15) is 56.8 Å². The zero-order valence-corrected chi connectivity index (χ0v) is 22.9. The fourth-order valence-corrected chi connectivity index (χ4v) is 3.89. The first-order chi connectivity index (χ1) is 17.8. The van der Waals surface area contributed by atoms with Gasteiger partial charge in [0, 0.05) is 6.04 Å². The molecule has 0 spiro atoms. The second-order valence-electron chi connectivity index (χ2n) is 9.63. The number of carbonyl (C=O) groups is 4. The van der Waals surface area contributed by atoms with Gasteiger partial charge in [-0.15, -0.1) is 0 Å². The Morgan fingerprint density at radius 1 is 1.13 bits per heavy atom. The third kappa shape index (κ3) is 8.25. The van der Waals surface area contributed by atoms with E-state index in [9.17, 15) is 19.2 Å². The zero-order valence-electron chi connectivity index (χ0n) is 22.1. The van der Waals surface area contributed by atoms with E-state index in [1.54, 1.807) is 58.0 Å². The van der Waals surface area contributed by atoms with Crippen LogP contribution in [0.3, 0.4) is 0 Å². The van der Waals surface area contributed by atoms with Gasteiger partial charge in [-0.05, 0) is 56.9 Å². The minimum absolute atomic E-state index is 0.301. The van der Waals surface area contributed by atoms with E-state index in [1.165, 1.54) is 0 Å². The maximum Gasteiger partial charge on any atom is 0.408 e. The molecule has 2 aromatic carbocycles. The lowest BCUT2D eigenvalue weighted by Gasteiger charge is -2.30. The van der Waals surface area contributed by atoms with Crippen molar-refractivity contribution in [2.45, 2.75) is 65.1 Å². The van der Waals surface area contributed by atoms with Gasteiger partial charge in [-0.3, -0.25) is 19.3 Å². The molecule has 4 N–H and O–H groups in total. The number of terminal acetylenes is 1. The lowest BCUT2D eigenvalue weighted by Crippen LogP contribution is -2.52. The van der Waals surface area contributed by atoms with Crippen molar-refractivity contribution >= 4 is 41.1 Å². The first-order valence-electron chi connectivity index (χ1n) is 12.0. The Kier molecular flexibility index (Phi) is 10.3. The topological polar surface area (TPSA) is 131 Å². The minimum Gasteiger partial charge on any atom is -0.444 e. The van der Waals surface area contributed by atoms with E-state index in [0.29, 0.717) is 21.8 Å². The van der Waals surface area contributed by atoms with Gasteiger partial charge in [0.15, 0.2) is 0 Å². The molecule has 4 amide bonds. The van der Waals surface area contributed by atoms with Crippen molar-refractivity contribution in [2.24, 2.45) is 5.73 Å². The summed E-state index contributed by atoms with van der Waals surface area (Å²) in [5, 5.41) is 5.41. The Hall–Kier alpha value is -4.03. The Balaban J connectivity index is 2.52. The van der Waals surface area contributed by atoms with E-state index >= 15 is 0 Å². The molecule has 0 fully saturated rings. The number of primary amides is 1. The molecule has 9 nitrogen and oxygen atoms in total. The van der Waals surface area contributed by atoms with Gasteiger partial charge < -0.3 is 21.1 Å². The number of nitrogens with one attached hydrogen (secondary N) is 2. The number of benzene rings is 2.